The van der Waals surface area contributed by atoms with Crippen molar-refractivity contribution in [1.82, 2.24) is 5.32 Å². The van der Waals surface area contributed by atoms with Gasteiger partial charge < -0.3 is 10.1 Å². The summed E-state index contributed by atoms with van der Waals surface area (Å²) in [5.74, 6) is 0.434. The maximum Gasteiger partial charge on any atom is 0.261 e. The van der Waals surface area contributed by atoms with Crippen LogP contribution < -0.4 is 10.1 Å². The number of sulfone groups is 1. The Morgan fingerprint density at radius 1 is 1.15 bits per heavy atom. The van der Waals surface area contributed by atoms with E-state index in [4.69, 9.17) is 4.74 Å². The highest BCUT2D eigenvalue weighted by Crippen LogP contribution is 2.20. The first-order valence-corrected chi connectivity index (χ1v) is 10.4. The lowest BCUT2D eigenvalue weighted by Gasteiger charge is -2.21. The summed E-state index contributed by atoms with van der Waals surface area (Å²) in [6.07, 6.45) is 1.22. The summed E-state index contributed by atoms with van der Waals surface area (Å²) in [5, 5.41) is 2.96. The molecule has 0 bridgehead atoms. The molecular weight excluding hydrogens is 350 g/mol. The van der Waals surface area contributed by atoms with Gasteiger partial charge in [0, 0.05) is 6.26 Å². The number of rotatable bonds is 7. The summed E-state index contributed by atoms with van der Waals surface area (Å²) < 4.78 is 28.8. The smallest absolute Gasteiger partial charge is 0.261 e. The van der Waals surface area contributed by atoms with Gasteiger partial charge in [-0.25, -0.2) is 8.42 Å². The molecule has 0 aliphatic carbocycles. The number of carbonyl (C=O) groups is 1. The predicted octanol–water partition coefficient (Wildman–Crippen LogP) is 3.43. The minimum atomic E-state index is -3.23. The van der Waals surface area contributed by atoms with E-state index in [1.54, 1.807) is 31.2 Å². The number of hydrogen-bond donors (Lipinski definition) is 1. The van der Waals surface area contributed by atoms with Crippen LogP contribution in [0.3, 0.4) is 0 Å². The predicted molar refractivity (Wildman–Crippen MR) is 102 cm³/mol. The van der Waals surface area contributed by atoms with Crippen LogP contribution in [0.4, 0.5) is 0 Å². The second-order valence-electron chi connectivity index (χ2n) is 6.39. The van der Waals surface area contributed by atoms with E-state index in [2.05, 4.69) is 5.32 Å². The van der Waals surface area contributed by atoms with Gasteiger partial charge in [0.2, 0.25) is 0 Å². The molecule has 0 fully saturated rings. The van der Waals surface area contributed by atoms with Gasteiger partial charge in [0.05, 0.1) is 10.9 Å². The van der Waals surface area contributed by atoms with E-state index in [0.717, 1.165) is 11.1 Å². The topological polar surface area (TPSA) is 72.5 Å². The number of nitrogens with one attached hydrogen (secondary N) is 1. The Balaban J connectivity index is 2.05. The van der Waals surface area contributed by atoms with Crippen LogP contribution in [0, 0.1) is 6.92 Å². The molecule has 6 heteroatoms. The zero-order valence-corrected chi connectivity index (χ0v) is 16.3. The molecule has 26 heavy (non-hydrogen) atoms. The molecule has 2 aromatic rings. The molecule has 1 N–H and O–H groups in total. The van der Waals surface area contributed by atoms with Gasteiger partial charge in [-0.15, -0.1) is 0 Å². The molecule has 0 aliphatic heterocycles. The van der Waals surface area contributed by atoms with Crippen molar-refractivity contribution in [3.63, 3.8) is 0 Å². The van der Waals surface area contributed by atoms with E-state index in [1.807, 2.05) is 38.1 Å². The van der Waals surface area contributed by atoms with Gasteiger partial charge in [0.25, 0.3) is 5.91 Å². The molecule has 2 atom stereocenters. The quantitative estimate of drug-likeness (QED) is 0.805. The number of hydrogen-bond acceptors (Lipinski definition) is 4. The molecule has 5 nitrogen and oxygen atoms in total. The van der Waals surface area contributed by atoms with Crippen molar-refractivity contribution in [3.05, 3.63) is 59.7 Å². The van der Waals surface area contributed by atoms with E-state index in [9.17, 15) is 13.2 Å². The fourth-order valence-electron chi connectivity index (χ4n) is 2.60. The maximum atomic E-state index is 12.5. The average Bonchev–Trinajstić information content (AvgIpc) is 2.58. The molecule has 1 amide bonds. The molecule has 2 rings (SSSR count). The van der Waals surface area contributed by atoms with Crippen molar-refractivity contribution in [2.75, 3.05) is 6.26 Å². The van der Waals surface area contributed by atoms with E-state index in [-0.39, 0.29) is 16.8 Å². The van der Waals surface area contributed by atoms with Crippen LogP contribution in [0.1, 0.15) is 37.4 Å². The first kappa shape index (κ1) is 20.0. The van der Waals surface area contributed by atoms with Crippen molar-refractivity contribution in [2.24, 2.45) is 0 Å². The van der Waals surface area contributed by atoms with E-state index in [0.29, 0.717) is 12.2 Å². The van der Waals surface area contributed by atoms with E-state index < -0.39 is 15.9 Å². The second kappa shape index (κ2) is 8.36. The van der Waals surface area contributed by atoms with Crippen LogP contribution in [-0.4, -0.2) is 26.7 Å². The van der Waals surface area contributed by atoms with Crippen molar-refractivity contribution in [2.45, 2.75) is 44.2 Å². The molecule has 0 heterocycles. The summed E-state index contributed by atoms with van der Waals surface area (Å²) in [6, 6.07) is 13.9. The molecule has 0 aliphatic rings. The Labute approximate surface area is 155 Å². The molecule has 0 unspecified atom stereocenters. The molecule has 0 radical (unpaired) electrons. The minimum absolute atomic E-state index is 0.209. The first-order valence-electron chi connectivity index (χ1n) is 8.54. The summed E-state index contributed by atoms with van der Waals surface area (Å²) in [5.41, 5.74) is 1.92. The number of ether oxygens (including phenoxy) is 1. The average molecular weight is 375 g/mol. The van der Waals surface area contributed by atoms with Gasteiger partial charge in [-0.2, -0.15) is 0 Å². The summed E-state index contributed by atoms with van der Waals surface area (Å²) in [7, 11) is -3.23. The Morgan fingerprint density at radius 2 is 1.81 bits per heavy atom. The van der Waals surface area contributed by atoms with E-state index in [1.165, 1.54) is 6.26 Å². The van der Waals surface area contributed by atoms with Crippen LogP contribution in [0.15, 0.2) is 53.4 Å². The summed E-state index contributed by atoms with van der Waals surface area (Å²) in [4.78, 5) is 12.7. The SMILES string of the molecule is CC[C@H](NC(=O)[C@H](C)Oc1cccc(C)c1)c1ccc(S(C)(=O)=O)cc1. The van der Waals surface area contributed by atoms with Crippen LogP contribution >= 0.6 is 0 Å². The van der Waals surface area contributed by atoms with Crippen LogP contribution in [0.25, 0.3) is 0 Å². The maximum absolute atomic E-state index is 12.5. The van der Waals surface area contributed by atoms with Crippen molar-refractivity contribution in [1.29, 1.82) is 0 Å². The van der Waals surface area contributed by atoms with Gasteiger partial charge >= 0.3 is 0 Å². The van der Waals surface area contributed by atoms with Gasteiger partial charge in [-0.05, 0) is 55.7 Å². The molecule has 0 aromatic heterocycles. The highest BCUT2D eigenvalue weighted by molar-refractivity contribution is 7.90. The molecular formula is C20H25NO4S. The first-order chi connectivity index (χ1) is 12.2. The number of benzene rings is 2. The fraction of sp³-hybridized carbons (Fsp3) is 0.350. The lowest BCUT2D eigenvalue weighted by Crippen LogP contribution is -2.38. The lowest BCUT2D eigenvalue weighted by atomic mass is 10.0. The molecule has 0 spiro atoms. The fourth-order valence-corrected chi connectivity index (χ4v) is 3.23. The second-order valence-corrected chi connectivity index (χ2v) is 8.40. The van der Waals surface area contributed by atoms with Gasteiger partial charge in [0.15, 0.2) is 15.9 Å². The Kier molecular flexibility index (Phi) is 6.42. The molecule has 2 aromatic carbocycles. The molecule has 0 saturated carbocycles. The van der Waals surface area contributed by atoms with Crippen LogP contribution in [0.2, 0.25) is 0 Å². The molecule has 0 saturated heterocycles. The standard InChI is InChI=1S/C20H25NO4S/c1-5-19(16-9-11-18(12-10-16)26(4,23)24)21-20(22)15(3)25-17-8-6-7-14(2)13-17/h6-13,15,19H,5H2,1-4H3,(H,21,22)/t15-,19-/m0/s1. The largest absolute Gasteiger partial charge is 0.481 e. The highest BCUT2D eigenvalue weighted by Gasteiger charge is 2.20. The van der Waals surface area contributed by atoms with Gasteiger partial charge in [-0.1, -0.05) is 31.2 Å². The zero-order valence-electron chi connectivity index (χ0n) is 15.5. The number of carbonyl (C=O) groups excluding carboxylic acids is 1. The van der Waals surface area contributed by atoms with Crippen molar-refractivity contribution in [3.8, 4) is 5.75 Å². The van der Waals surface area contributed by atoms with Gasteiger partial charge in [0.1, 0.15) is 5.75 Å². The van der Waals surface area contributed by atoms with Gasteiger partial charge in [-0.3, -0.25) is 4.79 Å². The summed E-state index contributed by atoms with van der Waals surface area (Å²) >= 11 is 0. The Bertz CT molecular complexity index is 860. The minimum Gasteiger partial charge on any atom is -0.481 e. The van der Waals surface area contributed by atoms with Crippen molar-refractivity contribution < 1.29 is 17.9 Å². The zero-order chi connectivity index (χ0) is 19.3. The number of amides is 1. The van der Waals surface area contributed by atoms with Crippen LogP contribution in [-0.2, 0) is 14.6 Å². The summed E-state index contributed by atoms with van der Waals surface area (Å²) in [6.45, 7) is 5.63. The normalized spacial score (nSPS) is 13.7. The molecule has 140 valence electrons. The Morgan fingerprint density at radius 3 is 2.35 bits per heavy atom. The lowest BCUT2D eigenvalue weighted by molar-refractivity contribution is -0.128. The van der Waals surface area contributed by atoms with E-state index >= 15 is 0 Å². The highest BCUT2D eigenvalue weighted by atomic mass is 32.2. The third-order valence-electron chi connectivity index (χ3n) is 4.11. The third kappa shape index (κ3) is 5.33. The Hall–Kier alpha value is -2.34. The van der Waals surface area contributed by atoms with Crippen LogP contribution in [0.5, 0.6) is 5.75 Å². The number of aryl methyl sites for hydroxylation is 1. The third-order valence-corrected chi connectivity index (χ3v) is 5.24. The monoisotopic (exact) mass is 375 g/mol. The van der Waals surface area contributed by atoms with Crippen molar-refractivity contribution >= 4 is 15.7 Å².